The second-order valence-corrected chi connectivity index (χ2v) is 9.01. The number of fused-ring (bicyclic) bond motifs is 2. The zero-order chi connectivity index (χ0) is 30.3. The predicted molar refractivity (Wildman–Crippen MR) is 149 cm³/mol. The fourth-order valence-electron chi connectivity index (χ4n) is 4.16. The first-order valence-electron chi connectivity index (χ1n) is 12.0. The molecule has 0 fully saturated rings. The van der Waals surface area contributed by atoms with Crippen molar-refractivity contribution in [1.82, 2.24) is 0 Å². The van der Waals surface area contributed by atoms with Crippen LogP contribution in [0.1, 0.15) is 0 Å². The van der Waals surface area contributed by atoms with Crippen LogP contribution < -0.4 is 10.9 Å². The first kappa shape index (κ1) is 27.3. The third-order valence-electron chi connectivity index (χ3n) is 6.12. The van der Waals surface area contributed by atoms with E-state index in [1.807, 2.05) is 0 Å². The molecule has 12 nitrogen and oxygen atoms in total. The highest BCUT2D eigenvalue weighted by Crippen LogP contribution is 2.36. The van der Waals surface area contributed by atoms with E-state index < -0.39 is 22.4 Å². The molecule has 0 spiro atoms. The van der Waals surface area contributed by atoms with Crippen LogP contribution in [0.2, 0.25) is 0 Å². The molecule has 6 aromatic rings. The second kappa shape index (κ2) is 10.4. The van der Waals surface area contributed by atoms with E-state index >= 15 is 0 Å². The zero-order valence-corrected chi connectivity index (χ0v) is 21.1. The van der Waals surface area contributed by atoms with Crippen molar-refractivity contribution in [3.63, 3.8) is 0 Å². The Hall–Kier alpha value is -6.30. The highest BCUT2D eigenvalue weighted by atomic mass is 16.4. The molecule has 0 bridgehead atoms. The molecule has 4 aromatic carbocycles. The van der Waals surface area contributed by atoms with Gasteiger partial charge in [0.05, 0.1) is 0 Å². The van der Waals surface area contributed by atoms with Gasteiger partial charge in [-0.1, -0.05) is 0 Å². The quantitative estimate of drug-likeness (QED) is 0.134. The van der Waals surface area contributed by atoms with Crippen LogP contribution in [-0.4, -0.2) is 40.9 Å². The molecule has 212 valence electrons. The van der Waals surface area contributed by atoms with E-state index in [9.17, 15) is 50.4 Å². The van der Waals surface area contributed by atoms with Crippen molar-refractivity contribution in [2.24, 2.45) is 0 Å². The molecule has 0 amide bonds. The summed E-state index contributed by atoms with van der Waals surface area (Å²) in [5.74, 6) is -2.63. The summed E-state index contributed by atoms with van der Waals surface area (Å²) in [4.78, 5) is 24.2. The highest BCUT2D eigenvalue weighted by Gasteiger charge is 2.18. The Morgan fingerprint density at radius 3 is 1.67 bits per heavy atom. The van der Waals surface area contributed by atoms with E-state index in [0.717, 1.165) is 18.2 Å². The minimum Gasteiger partial charge on any atom is -0.508 e. The number of phenolic OH excluding ortho intramolecular Hbond substituents is 7. The van der Waals surface area contributed by atoms with Crippen molar-refractivity contribution < 1.29 is 49.7 Å². The van der Waals surface area contributed by atoms with Gasteiger partial charge >= 0.3 is 0 Å². The SMILES string of the molecule is O=c1c(O)c(-c2ccc(O)cc2)oc2cc(O)cc(O)c12.O=c1cc(-c2ccc(O)c(O)c2)oc2cc(O)cc(O)c12. The van der Waals surface area contributed by atoms with Gasteiger partial charge in [-0.3, -0.25) is 9.59 Å². The Kier molecular flexibility index (Phi) is 6.72. The third-order valence-corrected chi connectivity index (χ3v) is 6.12. The van der Waals surface area contributed by atoms with Crippen molar-refractivity contribution in [2.75, 3.05) is 0 Å². The Balaban J connectivity index is 0.000000168. The van der Waals surface area contributed by atoms with Crippen molar-refractivity contribution in [1.29, 1.82) is 0 Å². The largest absolute Gasteiger partial charge is 0.508 e. The fourth-order valence-corrected chi connectivity index (χ4v) is 4.16. The maximum atomic E-state index is 12.1. The van der Waals surface area contributed by atoms with Crippen LogP contribution in [0.3, 0.4) is 0 Å². The summed E-state index contributed by atoms with van der Waals surface area (Å²) >= 11 is 0. The maximum absolute atomic E-state index is 12.1. The lowest BCUT2D eigenvalue weighted by molar-refractivity contribution is 0.404. The molecule has 0 saturated carbocycles. The molecular weight excluding hydrogens is 552 g/mol. The Bertz CT molecular complexity index is 2110. The van der Waals surface area contributed by atoms with Crippen LogP contribution in [0.4, 0.5) is 0 Å². The number of rotatable bonds is 2. The van der Waals surface area contributed by atoms with Gasteiger partial charge < -0.3 is 49.7 Å². The molecule has 0 unspecified atom stereocenters. The molecule has 0 radical (unpaired) electrons. The first-order chi connectivity index (χ1) is 19.9. The molecule has 0 aliphatic rings. The summed E-state index contributed by atoms with van der Waals surface area (Å²) in [7, 11) is 0. The van der Waals surface area contributed by atoms with Gasteiger partial charge in [0.25, 0.3) is 0 Å². The topological polar surface area (TPSA) is 222 Å². The monoisotopic (exact) mass is 572 g/mol. The lowest BCUT2D eigenvalue weighted by atomic mass is 10.1. The minimum absolute atomic E-state index is 0.0163. The summed E-state index contributed by atoms with van der Waals surface area (Å²) in [5, 5.41) is 76.0. The molecule has 12 heteroatoms. The van der Waals surface area contributed by atoms with Gasteiger partial charge in [0.15, 0.2) is 22.7 Å². The number of benzene rings is 4. The van der Waals surface area contributed by atoms with Gasteiger partial charge in [0, 0.05) is 41.5 Å². The standard InChI is InChI=1S/2C15H10O6/c16-8-3-1-7(2-4-8)15-14(20)13(19)12-10(18)5-9(17)6-11(12)21-15;16-8-4-11(19)15-12(20)6-13(21-14(15)5-8)7-1-2-9(17)10(18)3-7/h1-6,16-18,20H;1-6,16-19H. The molecule has 2 heterocycles. The van der Waals surface area contributed by atoms with E-state index in [4.69, 9.17) is 8.83 Å². The summed E-state index contributed by atoms with van der Waals surface area (Å²) in [6, 6.07) is 15.2. The van der Waals surface area contributed by atoms with E-state index in [2.05, 4.69) is 0 Å². The number of aromatic hydroxyl groups is 8. The normalized spacial score (nSPS) is 10.9. The smallest absolute Gasteiger partial charge is 0.238 e. The number of hydrogen-bond acceptors (Lipinski definition) is 12. The Morgan fingerprint density at radius 2 is 1.05 bits per heavy atom. The van der Waals surface area contributed by atoms with Gasteiger partial charge in [0.1, 0.15) is 56.4 Å². The average molecular weight is 572 g/mol. The van der Waals surface area contributed by atoms with E-state index in [-0.39, 0.29) is 68.0 Å². The van der Waals surface area contributed by atoms with Crippen LogP contribution >= 0.6 is 0 Å². The molecule has 0 aliphatic heterocycles. The Labute approximate surface area is 233 Å². The molecule has 6 rings (SSSR count). The second-order valence-electron chi connectivity index (χ2n) is 9.01. The van der Waals surface area contributed by atoms with E-state index in [0.29, 0.717) is 11.1 Å². The van der Waals surface area contributed by atoms with E-state index in [1.165, 1.54) is 54.6 Å². The maximum Gasteiger partial charge on any atom is 0.238 e. The molecule has 0 atom stereocenters. The van der Waals surface area contributed by atoms with Gasteiger partial charge in [-0.2, -0.15) is 0 Å². The number of phenols is 7. The minimum atomic E-state index is -0.808. The van der Waals surface area contributed by atoms with Gasteiger partial charge in [-0.25, -0.2) is 0 Å². The summed E-state index contributed by atoms with van der Waals surface area (Å²) in [5.41, 5.74) is -0.603. The summed E-state index contributed by atoms with van der Waals surface area (Å²) in [6.07, 6.45) is 0. The van der Waals surface area contributed by atoms with Crippen LogP contribution in [-0.2, 0) is 0 Å². The highest BCUT2D eigenvalue weighted by molar-refractivity contribution is 5.88. The van der Waals surface area contributed by atoms with Crippen molar-refractivity contribution >= 4 is 21.9 Å². The van der Waals surface area contributed by atoms with Gasteiger partial charge in [0.2, 0.25) is 11.2 Å². The van der Waals surface area contributed by atoms with Crippen LogP contribution in [0, 0.1) is 0 Å². The lowest BCUT2D eigenvalue weighted by Crippen LogP contribution is -2.02. The van der Waals surface area contributed by atoms with E-state index in [1.54, 1.807) is 0 Å². The molecule has 42 heavy (non-hydrogen) atoms. The molecule has 2 aromatic heterocycles. The predicted octanol–water partition coefficient (Wildman–Crippen LogP) is 4.56. The number of hydrogen-bond donors (Lipinski definition) is 8. The average Bonchev–Trinajstić information content (AvgIpc) is 2.92. The van der Waals surface area contributed by atoms with Crippen molar-refractivity contribution in [2.45, 2.75) is 0 Å². The molecule has 8 N–H and O–H groups in total. The summed E-state index contributed by atoms with van der Waals surface area (Å²) < 4.78 is 10.9. The molecular formula is C30H20O12. The van der Waals surface area contributed by atoms with Gasteiger partial charge in [-0.05, 0) is 42.5 Å². The lowest BCUT2D eigenvalue weighted by Gasteiger charge is -2.07. The molecule has 0 saturated heterocycles. The fraction of sp³-hybridized carbons (Fsp3) is 0. The molecule has 0 aliphatic carbocycles. The summed E-state index contributed by atoms with van der Waals surface area (Å²) in [6.45, 7) is 0. The first-order valence-corrected chi connectivity index (χ1v) is 12.0. The van der Waals surface area contributed by atoms with Crippen LogP contribution in [0.15, 0.2) is 91.2 Å². The van der Waals surface area contributed by atoms with Crippen LogP contribution in [0.25, 0.3) is 44.6 Å². The third kappa shape index (κ3) is 5.02. The van der Waals surface area contributed by atoms with Crippen molar-refractivity contribution in [3.05, 3.63) is 93.2 Å². The Morgan fingerprint density at radius 1 is 0.476 bits per heavy atom. The van der Waals surface area contributed by atoms with Crippen LogP contribution in [0.5, 0.6) is 46.0 Å². The van der Waals surface area contributed by atoms with Crippen molar-refractivity contribution in [3.8, 4) is 68.6 Å². The van der Waals surface area contributed by atoms with Gasteiger partial charge in [-0.15, -0.1) is 0 Å². The zero-order valence-electron chi connectivity index (χ0n) is 21.1.